The van der Waals surface area contributed by atoms with Crippen LogP contribution in [0.4, 0.5) is 0 Å². The molecule has 0 aliphatic carbocycles. The summed E-state index contributed by atoms with van der Waals surface area (Å²) >= 11 is 1.31. The van der Waals surface area contributed by atoms with Crippen molar-refractivity contribution in [2.24, 2.45) is 5.92 Å². The fourth-order valence-electron chi connectivity index (χ4n) is 1.90. The highest BCUT2D eigenvalue weighted by atomic mass is 32.1. The summed E-state index contributed by atoms with van der Waals surface area (Å²) in [5.41, 5.74) is 0.912. The van der Waals surface area contributed by atoms with Crippen molar-refractivity contribution in [3.8, 4) is 0 Å². The second-order valence-corrected chi connectivity index (χ2v) is 6.15. The number of rotatable bonds is 6. The van der Waals surface area contributed by atoms with E-state index in [4.69, 9.17) is 5.11 Å². The van der Waals surface area contributed by atoms with E-state index in [-0.39, 0.29) is 11.9 Å². The molecule has 0 bridgehead atoms. The molecule has 0 aliphatic heterocycles. The SMILES string of the molecule is CCC(NC(=O)c1cc(C)c(/C=C/C(=O)O)s1)C(C)C. The number of thiophene rings is 1. The number of carboxylic acid groups (broad SMARTS) is 1. The summed E-state index contributed by atoms with van der Waals surface area (Å²) in [5, 5.41) is 11.7. The molecule has 0 spiro atoms. The van der Waals surface area contributed by atoms with Crippen LogP contribution in [-0.2, 0) is 4.79 Å². The molecule has 0 saturated carbocycles. The predicted octanol–water partition coefficient (Wildman–Crippen LogP) is 3.32. The predicted molar refractivity (Wildman–Crippen MR) is 82.1 cm³/mol. The molecule has 1 aromatic heterocycles. The lowest BCUT2D eigenvalue weighted by molar-refractivity contribution is -0.131. The Kier molecular flexibility index (Phi) is 5.95. The van der Waals surface area contributed by atoms with Crippen LogP contribution in [0.5, 0.6) is 0 Å². The molecular formula is C15H21NO3S. The molecule has 1 amide bonds. The number of nitrogens with one attached hydrogen (secondary N) is 1. The Morgan fingerprint density at radius 3 is 2.60 bits per heavy atom. The number of hydrogen-bond donors (Lipinski definition) is 2. The summed E-state index contributed by atoms with van der Waals surface area (Å²) in [6.45, 7) is 8.07. The van der Waals surface area contributed by atoms with E-state index in [1.165, 1.54) is 17.4 Å². The maximum Gasteiger partial charge on any atom is 0.328 e. The molecule has 0 saturated heterocycles. The fraction of sp³-hybridized carbons (Fsp3) is 0.467. The quantitative estimate of drug-likeness (QED) is 0.791. The molecule has 1 atom stereocenters. The molecule has 20 heavy (non-hydrogen) atoms. The van der Waals surface area contributed by atoms with Crippen molar-refractivity contribution < 1.29 is 14.7 Å². The largest absolute Gasteiger partial charge is 0.478 e. The van der Waals surface area contributed by atoms with Crippen LogP contribution in [-0.4, -0.2) is 23.0 Å². The van der Waals surface area contributed by atoms with Crippen LogP contribution >= 0.6 is 11.3 Å². The minimum absolute atomic E-state index is 0.0892. The number of aryl methyl sites for hydroxylation is 1. The van der Waals surface area contributed by atoms with E-state index in [2.05, 4.69) is 19.2 Å². The van der Waals surface area contributed by atoms with Crippen LogP contribution < -0.4 is 5.32 Å². The molecule has 5 heteroatoms. The van der Waals surface area contributed by atoms with E-state index in [9.17, 15) is 9.59 Å². The molecule has 110 valence electrons. The zero-order chi connectivity index (χ0) is 15.3. The standard InChI is InChI=1S/C15H21NO3S/c1-5-11(9(2)3)16-15(19)13-8-10(4)12(20-13)6-7-14(17)18/h6-9,11H,5H2,1-4H3,(H,16,19)(H,17,18)/b7-6+. The maximum absolute atomic E-state index is 12.2. The molecule has 1 aromatic rings. The second kappa shape index (κ2) is 7.24. The average Bonchev–Trinajstić information content (AvgIpc) is 2.74. The van der Waals surface area contributed by atoms with Crippen molar-refractivity contribution in [1.29, 1.82) is 0 Å². The molecule has 1 rings (SSSR count). The van der Waals surface area contributed by atoms with Crippen LogP contribution in [0, 0.1) is 12.8 Å². The van der Waals surface area contributed by atoms with E-state index in [0.29, 0.717) is 10.8 Å². The number of amides is 1. The Morgan fingerprint density at radius 2 is 2.10 bits per heavy atom. The number of aliphatic carboxylic acids is 1. The summed E-state index contributed by atoms with van der Waals surface area (Å²) in [4.78, 5) is 24.1. The van der Waals surface area contributed by atoms with Gasteiger partial charge in [0.25, 0.3) is 5.91 Å². The summed E-state index contributed by atoms with van der Waals surface area (Å²) in [6.07, 6.45) is 3.50. The highest BCUT2D eigenvalue weighted by Gasteiger charge is 2.17. The Hall–Kier alpha value is -1.62. The summed E-state index contributed by atoms with van der Waals surface area (Å²) < 4.78 is 0. The molecule has 0 aromatic carbocycles. The van der Waals surface area contributed by atoms with Crippen molar-refractivity contribution in [2.45, 2.75) is 40.2 Å². The lowest BCUT2D eigenvalue weighted by Gasteiger charge is -2.20. The van der Waals surface area contributed by atoms with Gasteiger partial charge in [0.15, 0.2) is 0 Å². The van der Waals surface area contributed by atoms with Gasteiger partial charge >= 0.3 is 5.97 Å². The van der Waals surface area contributed by atoms with Gasteiger partial charge in [0.2, 0.25) is 0 Å². The van der Waals surface area contributed by atoms with Gasteiger partial charge < -0.3 is 10.4 Å². The first-order valence-electron chi connectivity index (χ1n) is 6.67. The molecular weight excluding hydrogens is 274 g/mol. The molecule has 0 fully saturated rings. The van der Waals surface area contributed by atoms with E-state index < -0.39 is 5.97 Å². The van der Waals surface area contributed by atoms with E-state index in [0.717, 1.165) is 22.9 Å². The smallest absolute Gasteiger partial charge is 0.328 e. The van der Waals surface area contributed by atoms with Crippen molar-refractivity contribution in [2.75, 3.05) is 0 Å². The van der Waals surface area contributed by atoms with Crippen LogP contribution in [0.1, 0.15) is 47.3 Å². The van der Waals surface area contributed by atoms with Gasteiger partial charge in [-0.25, -0.2) is 4.79 Å². The van der Waals surface area contributed by atoms with Crippen molar-refractivity contribution in [3.05, 3.63) is 27.5 Å². The van der Waals surface area contributed by atoms with Crippen LogP contribution in [0.25, 0.3) is 6.08 Å². The van der Waals surface area contributed by atoms with Gasteiger partial charge in [-0.2, -0.15) is 0 Å². The lowest BCUT2D eigenvalue weighted by Crippen LogP contribution is -2.37. The van der Waals surface area contributed by atoms with E-state index >= 15 is 0 Å². The van der Waals surface area contributed by atoms with Crippen molar-refractivity contribution >= 4 is 29.3 Å². The van der Waals surface area contributed by atoms with Gasteiger partial charge in [-0.1, -0.05) is 20.8 Å². The first-order valence-corrected chi connectivity index (χ1v) is 7.49. The van der Waals surface area contributed by atoms with E-state index in [1.54, 1.807) is 6.07 Å². The minimum atomic E-state index is -0.991. The molecule has 0 aliphatic rings. The third-order valence-corrected chi connectivity index (χ3v) is 4.32. The first kappa shape index (κ1) is 16.4. The van der Waals surface area contributed by atoms with Gasteiger partial charge in [-0.05, 0) is 37.0 Å². The van der Waals surface area contributed by atoms with Gasteiger partial charge in [0, 0.05) is 17.0 Å². The summed E-state index contributed by atoms with van der Waals surface area (Å²) in [7, 11) is 0. The Labute approximate surface area is 123 Å². The number of carbonyl (C=O) groups is 2. The number of hydrogen-bond acceptors (Lipinski definition) is 3. The molecule has 2 N–H and O–H groups in total. The van der Waals surface area contributed by atoms with Gasteiger partial charge in [-0.15, -0.1) is 11.3 Å². The summed E-state index contributed by atoms with van der Waals surface area (Å²) in [6, 6.07) is 1.96. The summed E-state index contributed by atoms with van der Waals surface area (Å²) in [5.74, 6) is -0.695. The highest BCUT2D eigenvalue weighted by Crippen LogP contribution is 2.23. The maximum atomic E-state index is 12.2. The molecule has 1 heterocycles. The Balaban J connectivity index is 2.84. The number of carboxylic acids is 1. The topological polar surface area (TPSA) is 66.4 Å². The molecule has 0 radical (unpaired) electrons. The number of carbonyl (C=O) groups excluding carboxylic acids is 1. The zero-order valence-corrected chi connectivity index (χ0v) is 13.1. The van der Waals surface area contributed by atoms with Gasteiger partial charge in [0.05, 0.1) is 4.88 Å². The fourth-order valence-corrected chi connectivity index (χ4v) is 2.88. The third-order valence-electron chi connectivity index (χ3n) is 3.12. The van der Waals surface area contributed by atoms with Crippen LogP contribution in [0.15, 0.2) is 12.1 Å². The van der Waals surface area contributed by atoms with Gasteiger partial charge in [0.1, 0.15) is 0 Å². The Bertz CT molecular complexity index is 517. The highest BCUT2D eigenvalue weighted by molar-refractivity contribution is 7.15. The second-order valence-electron chi connectivity index (χ2n) is 5.06. The lowest BCUT2D eigenvalue weighted by atomic mass is 10.0. The molecule has 4 nitrogen and oxygen atoms in total. The third kappa shape index (κ3) is 4.49. The van der Waals surface area contributed by atoms with E-state index in [1.807, 2.05) is 13.8 Å². The van der Waals surface area contributed by atoms with Crippen LogP contribution in [0.3, 0.4) is 0 Å². The zero-order valence-electron chi connectivity index (χ0n) is 12.3. The van der Waals surface area contributed by atoms with Crippen molar-refractivity contribution in [3.63, 3.8) is 0 Å². The minimum Gasteiger partial charge on any atom is -0.478 e. The van der Waals surface area contributed by atoms with Gasteiger partial charge in [-0.3, -0.25) is 4.79 Å². The van der Waals surface area contributed by atoms with Crippen LogP contribution in [0.2, 0.25) is 0 Å². The Morgan fingerprint density at radius 1 is 1.45 bits per heavy atom. The van der Waals surface area contributed by atoms with Crippen molar-refractivity contribution in [1.82, 2.24) is 5.32 Å². The molecule has 1 unspecified atom stereocenters. The normalized spacial score (nSPS) is 12.8. The average molecular weight is 295 g/mol. The first-order chi connectivity index (χ1) is 9.35. The monoisotopic (exact) mass is 295 g/mol.